The first-order valence-corrected chi connectivity index (χ1v) is 7.30. The highest BCUT2D eigenvalue weighted by atomic mass is 35.5. The normalized spacial score (nSPS) is 10.6. The maximum atomic E-state index is 6.17. The van der Waals surface area contributed by atoms with Gasteiger partial charge in [0.05, 0.1) is 0 Å². The van der Waals surface area contributed by atoms with E-state index in [-0.39, 0.29) is 0 Å². The van der Waals surface area contributed by atoms with Crippen LogP contribution in [0.15, 0.2) is 24.3 Å². The van der Waals surface area contributed by atoms with Crippen LogP contribution in [-0.2, 0) is 13.0 Å². The summed E-state index contributed by atoms with van der Waals surface area (Å²) in [7, 11) is 0. The molecule has 1 aromatic heterocycles. The van der Waals surface area contributed by atoms with Crippen LogP contribution in [0.4, 0.5) is 5.82 Å². The monoisotopic (exact) mass is 289 g/mol. The van der Waals surface area contributed by atoms with Crippen LogP contribution in [-0.4, -0.2) is 9.97 Å². The molecule has 0 radical (unpaired) electrons. The zero-order chi connectivity index (χ0) is 14.5. The highest BCUT2D eigenvalue weighted by Gasteiger charge is 2.08. The summed E-state index contributed by atoms with van der Waals surface area (Å²) in [6.07, 6.45) is 1.86. The molecule has 0 aliphatic carbocycles. The molecule has 0 fully saturated rings. The molecule has 0 atom stereocenters. The number of aromatic nitrogens is 2. The Labute approximate surface area is 125 Å². The van der Waals surface area contributed by atoms with Crippen LogP contribution >= 0.6 is 11.6 Å². The fraction of sp³-hybridized carbons (Fsp3) is 0.375. The molecule has 0 amide bonds. The number of hydrogen-bond acceptors (Lipinski definition) is 3. The van der Waals surface area contributed by atoms with Crippen molar-refractivity contribution in [1.82, 2.24) is 9.97 Å². The average Bonchev–Trinajstić information content (AvgIpc) is 2.41. The molecule has 1 heterocycles. The third-order valence-electron chi connectivity index (χ3n) is 3.15. The molecule has 2 aromatic rings. The van der Waals surface area contributed by atoms with Gasteiger partial charge in [0.2, 0.25) is 0 Å². The molecule has 1 aromatic carbocycles. The van der Waals surface area contributed by atoms with Crippen LogP contribution < -0.4 is 5.32 Å². The van der Waals surface area contributed by atoms with Gasteiger partial charge in [-0.1, -0.05) is 48.4 Å². The molecule has 0 unspecified atom stereocenters. The van der Waals surface area contributed by atoms with Crippen LogP contribution in [0.2, 0.25) is 5.15 Å². The maximum Gasteiger partial charge on any atom is 0.137 e. The second-order valence-corrected chi connectivity index (χ2v) is 5.35. The fourth-order valence-corrected chi connectivity index (χ4v) is 2.24. The lowest BCUT2D eigenvalue weighted by Crippen LogP contribution is -2.07. The van der Waals surface area contributed by atoms with Crippen LogP contribution in [0.3, 0.4) is 0 Å². The molecular formula is C16H20ClN3. The Morgan fingerprint density at radius 1 is 1.20 bits per heavy atom. The van der Waals surface area contributed by atoms with Crippen molar-refractivity contribution >= 4 is 17.4 Å². The zero-order valence-corrected chi connectivity index (χ0v) is 13.0. The summed E-state index contributed by atoms with van der Waals surface area (Å²) in [5.41, 5.74) is 3.39. The number of nitrogens with zero attached hydrogens (tertiary/aromatic N) is 2. The summed E-state index contributed by atoms with van der Waals surface area (Å²) in [6.45, 7) is 6.88. The summed E-state index contributed by atoms with van der Waals surface area (Å²) in [5, 5.41) is 3.90. The topological polar surface area (TPSA) is 37.8 Å². The Kier molecular flexibility index (Phi) is 4.96. The van der Waals surface area contributed by atoms with Gasteiger partial charge in [-0.3, -0.25) is 0 Å². The van der Waals surface area contributed by atoms with Crippen molar-refractivity contribution in [3.63, 3.8) is 0 Å². The zero-order valence-electron chi connectivity index (χ0n) is 12.2. The van der Waals surface area contributed by atoms with Gasteiger partial charge < -0.3 is 5.32 Å². The molecule has 20 heavy (non-hydrogen) atoms. The molecule has 2 rings (SSSR count). The van der Waals surface area contributed by atoms with E-state index < -0.39 is 0 Å². The van der Waals surface area contributed by atoms with E-state index in [4.69, 9.17) is 11.6 Å². The van der Waals surface area contributed by atoms with Gasteiger partial charge in [0.25, 0.3) is 0 Å². The van der Waals surface area contributed by atoms with E-state index in [2.05, 4.69) is 53.4 Å². The van der Waals surface area contributed by atoms with Crippen LogP contribution in [0.25, 0.3) is 0 Å². The van der Waals surface area contributed by atoms with Gasteiger partial charge in [-0.05, 0) is 25.8 Å². The molecule has 0 spiro atoms. The van der Waals surface area contributed by atoms with E-state index in [0.29, 0.717) is 5.15 Å². The van der Waals surface area contributed by atoms with Gasteiger partial charge in [0.1, 0.15) is 16.8 Å². The molecule has 0 aliphatic rings. The summed E-state index contributed by atoms with van der Waals surface area (Å²) in [4.78, 5) is 8.86. The lowest BCUT2D eigenvalue weighted by molar-refractivity contribution is 0.830. The second kappa shape index (κ2) is 6.71. The van der Waals surface area contributed by atoms with Crippen molar-refractivity contribution < 1.29 is 0 Å². The molecule has 0 aliphatic heterocycles. The first-order valence-electron chi connectivity index (χ1n) is 6.92. The summed E-state index contributed by atoms with van der Waals surface area (Å²) in [5.74, 6) is 1.63. The summed E-state index contributed by atoms with van der Waals surface area (Å²) >= 11 is 6.17. The SMILES string of the molecule is CCCc1nc(Cl)c(C)c(NCc2cccc(C)c2)n1. The van der Waals surface area contributed by atoms with Crippen molar-refractivity contribution in [3.8, 4) is 0 Å². The quantitative estimate of drug-likeness (QED) is 0.834. The minimum absolute atomic E-state index is 0.537. The summed E-state index contributed by atoms with van der Waals surface area (Å²) < 4.78 is 0. The van der Waals surface area contributed by atoms with Gasteiger partial charge in [0, 0.05) is 18.5 Å². The molecule has 0 saturated carbocycles. The number of hydrogen-bond donors (Lipinski definition) is 1. The highest BCUT2D eigenvalue weighted by Crippen LogP contribution is 2.21. The molecule has 106 valence electrons. The molecule has 0 bridgehead atoms. The number of rotatable bonds is 5. The van der Waals surface area contributed by atoms with Gasteiger partial charge in [-0.15, -0.1) is 0 Å². The average molecular weight is 290 g/mol. The molecule has 3 nitrogen and oxygen atoms in total. The number of halogens is 1. The van der Waals surface area contributed by atoms with Gasteiger partial charge in [-0.25, -0.2) is 9.97 Å². The summed E-state index contributed by atoms with van der Waals surface area (Å²) in [6, 6.07) is 8.42. The van der Waals surface area contributed by atoms with Crippen molar-refractivity contribution in [1.29, 1.82) is 0 Å². The predicted molar refractivity (Wildman–Crippen MR) is 84.3 cm³/mol. The van der Waals surface area contributed by atoms with Gasteiger partial charge >= 0.3 is 0 Å². The molecule has 4 heteroatoms. The third kappa shape index (κ3) is 3.70. The second-order valence-electron chi connectivity index (χ2n) is 5.00. The van der Waals surface area contributed by atoms with E-state index in [1.165, 1.54) is 11.1 Å². The Morgan fingerprint density at radius 3 is 2.70 bits per heavy atom. The van der Waals surface area contributed by atoms with Gasteiger partial charge in [-0.2, -0.15) is 0 Å². The van der Waals surface area contributed by atoms with Crippen molar-refractivity contribution in [2.75, 3.05) is 5.32 Å². The van der Waals surface area contributed by atoms with E-state index >= 15 is 0 Å². The first kappa shape index (κ1) is 14.8. The van der Waals surface area contributed by atoms with Crippen molar-refractivity contribution in [2.24, 2.45) is 0 Å². The maximum absolute atomic E-state index is 6.17. The highest BCUT2D eigenvalue weighted by molar-refractivity contribution is 6.30. The minimum atomic E-state index is 0.537. The lowest BCUT2D eigenvalue weighted by Gasteiger charge is -2.11. The van der Waals surface area contributed by atoms with Gasteiger partial charge in [0.15, 0.2) is 0 Å². The molecule has 1 N–H and O–H groups in total. The van der Waals surface area contributed by atoms with Crippen LogP contribution in [0.1, 0.15) is 35.9 Å². The van der Waals surface area contributed by atoms with Crippen molar-refractivity contribution in [3.05, 3.63) is 51.9 Å². The van der Waals surface area contributed by atoms with Crippen molar-refractivity contribution in [2.45, 2.75) is 40.2 Å². The van der Waals surface area contributed by atoms with Crippen LogP contribution in [0, 0.1) is 13.8 Å². The molecular weight excluding hydrogens is 270 g/mol. The Balaban J connectivity index is 2.16. The van der Waals surface area contributed by atoms with Crippen LogP contribution in [0.5, 0.6) is 0 Å². The number of anilines is 1. The van der Waals surface area contributed by atoms with E-state index in [1.807, 2.05) is 6.92 Å². The number of benzene rings is 1. The smallest absolute Gasteiger partial charge is 0.137 e. The minimum Gasteiger partial charge on any atom is -0.366 e. The fourth-order valence-electron chi connectivity index (χ4n) is 2.05. The Hall–Kier alpha value is -1.61. The Morgan fingerprint density at radius 2 is 2.00 bits per heavy atom. The van der Waals surface area contributed by atoms with E-state index in [1.54, 1.807) is 0 Å². The number of nitrogens with one attached hydrogen (secondary N) is 1. The number of aryl methyl sites for hydroxylation is 2. The largest absolute Gasteiger partial charge is 0.366 e. The van der Waals surface area contributed by atoms with E-state index in [0.717, 1.165) is 36.6 Å². The first-order chi connectivity index (χ1) is 9.60. The molecule has 0 saturated heterocycles. The predicted octanol–water partition coefficient (Wildman–Crippen LogP) is 4.31. The lowest BCUT2D eigenvalue weighted by atomic mass is 10.1. The Bertz CT molecular complexity index is 596. The third-order valence-corrected chi connectivity index (χ3v) is 3.52. The van der Waals surface area contributed by atoms with E-state index in [9.17, 15) is 0 Å². The standard InChI is InChI=1S/C16H20ClN3/c1-4-6-14-19-15(17)12(3)16(20-14)18-10-13-8-5-7-11(2)9-13/h5,7-9H,4,6,10H2,1-3H3,(H,18,19,20).